The van der Waals surface area contributed by atoms with Gasteiger partial charge in [-0.1, -0.05) is 0 Å². The van der Waals surface area contributed by atoms with Crippen molar-refractivity contribution in [3.05, 3.63) is 45.9 Å². The molecule has 0 N–H and O–H groups in total. The average Bonchev–Trinajstić information content (AvgIpc) is 2.52. The number of pyridine rings is 1. The van der Waals surface area contributed by atoms with E-state index in [1.165, 1.54) is 13.1 Å². The molecule has 0 spiro atoms. The van der Waals surface area contributed by atoms with Crippen molar-refractivity contribution < 1.29 is 9.59 Å². The summed E-state index contributed by atoms with van der Waals surface area (Å²) in [6.07, 6.45) is 3.10. The number of imide groups is 1. The van der Waals surface area contributed by atoms with Crippen LogP contribution < -0.4 is 5.56 Å². The maximum absolute atomic E-state index is 10.8. The van der Waals surface area contributed by atoms with Crippen LogP contribution in [-0.2, 0) is 16.6 Å². The Morgan fingerprint density at radius 2 is 1.67 bits per heavy atom. The van der Waals surface area contributed by atoms with Gasteiger partial charge in [0.15, 0.2) is 0 Å². The highest BCUT2D eigenvalue weighted by atomic mass is 16.2. The molecule has 1 aliphatic heterocycles. The van der Waals surface area contributed by atoms with Gasteiger partial charge >= 0.3 is 0 Å². The van der Waals surface area contributed by atoms with Gasteiger partial charge in [-0.3, -0.25) is 19.3 Å². The minimum Gasteiger partial charge on any atom is -0.319 e. The second-order valence-corrected chi connectivity index (χ2v) is 4.18. The predicted octanol–water partition coefficient (Wildman–Crippen LogP) is 0.625. The molecule has 0 saturated heterocycles. The van der Waals surface area contributed by atoms with Gasteiger partial charge in [-0.25, -0.2) is 0 Å². The molecule has 0 radical (unpaired) electrons. The van der Waals surface area contributed by atoms with E-state index in [2.05, 4.69) is 0 Å². The van der Waals surface area contributed by atoms with Gasteiger partial charge < -0.3 is 4.57 Å². The molecule has 0 aliphatic carbocycles. The van der Waals surface area contributed by atoms with Gasteiger partial charge in [0, 0.05) is 38.0 Å². The summed E-state index contributed by atoms with van der Waals surface area (Å²) in [7, 11) is 3.21. The van der Waals surface area contributed by atoms with Gasteiger partial charge in [0.2, 0.25) is 0 Å². The quantitative estimate of drug-likeness (QED) is 0.632. The van der Waals surface area contributed by atoms with E-state index >= 15 is 0 Å². The Balaban J connectivity index is 0.000000180. The standard InChI is InChI=1S/C7H9NO.C6H7NO2/c1-6-3-4-8(2)7(9)5-6;1-4-3-5(8)7(2)6(4)9/h3-5H,1-2H3;3H,1-2H3. The minimum absolute atomic E-state index is 0.0509. The van der Waals surface area contributed by atoms with E-state index in [1.807, 2.05) is 13.0 Å². The number of hydrogen-bond donors (Lipinski definition) is 0. The number of aryl methyl sites for hydroxylation is 2. The second-order valence-electron chi connectivity index (χ2n) is 4.18. The summed E-state index contributed by atoms with van der Waals surface area (Å²) < 4.78 is 1.55. The molecular formula is C13H16N2O3. The lowest BCUT2D eigenvalue weighted by molar-refractivity contribution is -0.135. The molecule has 5 heteroatoms. The highest BCUT2D eigenvalue weighted by molar-refractivity contribution is 6.15. The third-order valence-electron chi connectivity index (χ3n) is 2.57. The maximum atomic E-state index is 10.8. The lowest BCUT2D eigenvalue weighted by Crippen LogP contribution is -2.25. The summed E-state index contributed by atoms with van der Waals surface area (Å²) in [6.45, 7) is 3.53. The fourth-order valence-corrected chi connectivity index (χ4v) is 1.36. The first-order valence-electron chi connectivity index (χ1n) is 5.46. The Hall–Kier alpha value is -2.17. The Morgan fingerprint density at radius 1 is 1.06 bits per heavy atom. The molecule has 1 aromatic heterocycles. The smallest absolute Gasteiger partial charge is 0.256 e. The lowest BCUT2D eigenvalue weighted by Gasteiger charge is -2.03. The van der Waals surface area contributed by atoms with Crippen molar-refractivity contribution in [2.75, 3.05) is 7.05 Å². The number of nitrogens with zero attached hydrogens (tertiary/aromatic N) is 2. The van der Waals surface area contributed by atoms with Crippen LogP contribution in [0.4, 0.5) is 0 Å². The van der Waals surface area contributed by atoms with Crippen molar-refractivity contribution in [1.82, 2.24) is 9.47 Å². The first-order chi connectivity index (χ1) is 8.32. The number of hydrogen-bond acceptors (Lipinski definition) is 3. The van der Waals surface area contributed by atoms with Crippen LogP contribution in [0.1, 0.15) is 12.5 Å². The number of aromatic nitrogens is 1. The van der Waals surface area contributed by atoms with Crippen molar-refractivity contribution in [3.8, 4) is 0 Å². The van der Waals surface area contributed by atoms with Crippen LogP contribution >= 0.6 is 0 Å². The monoisotopic (exact) mass is 248 g/mol. The van der Waals surface area contributed by atoms with E-state index in [9.17, 15) is 14.4 Å². The molecule has 2 amide bonds. The van der Waals surface area contributed by atoms with E-state index in [-0.39, 0.29) is 17.4 Å². The molecule has 0 bridgehead atoms. The van der Waals surface area contributed by atoms with E-state index < -0.39 is 0 Å². The molecule has 2 heterocycles. The van der Waals surface area contributed by atoms with Crippen LogP contribution in [0.2, 0.25) is 0 Å². The predicted molar refractivity (Wildman–Crippen MR) is 68.0 cm³/mol. The van der Waals surface area contributed by atoms with Crippen LogP contribution in [0, 0.1) is 6.92 Å². The molecular weight excluding hydrogens is 232 g/mol. The molecule has 1 aliphatic rings. The number of rotatable bonds is 0. The number of carbonyl (C=O) groups is 2. The zero-order chi connectivity index (χ0) is 13.9. The number of amides is 2. The van der Waals surface area contributed by atoms with Crippen molar-refractivity contribution in [1.29, 1.82) is 0 Å². The maximum Gasteiger partial charge on any atom is 0.256 e. The number of carbonyl (C=O) groups excluding carboxylic acids is 2. The third-order valence-corrected chi connectivity index (χ3v) is 2.57. The highest BCUT2D eigenvalue weighted by Gasteiger charge is 2.23. The lowest BCUT2D eigenvalue weighted by atomic mass is 10.3. The highest BCUT2D eigenvalue weighted by Crippen LogP contribution is 2.07. The van der Waals surface area contributed by atoms with Crippen LogP contribution in [0.5, 0.6) is 0 Å². The molecule has 1 aromatic rings. The van der Waals surface area contributed by atoms with Gasteiger partial charge in [0.05, 0.1) is 0 Å². The molecule has 0 unspecified atom stereocenters. The Kier molecular flexibility index (Phi) is 4.20. The largest absolute Gasteiger partial charge is 0.319 e. The van der Waals surface area contributed by atoms with Crippen LogP contribution in [-0.4, -0.2) is 28.3 Å². The first-order valence-corrected chi connectivity index (χ1v) is 5.46. The second kappa shape index (κ2) is 5.44. The Labute approximate surface area is 105 Å². The normalized spacial score (nSPS) is 14.2. The van der Waals surface area contributed by atoms with Crippen molar-refractivity contribution in [2.24, 2.45) is 7.05 Å². The molecule has 0 atom stereocenters. The summed E-state index contributed by atoms with van der Waals surface area (Å²) in [5.41, 5.74) is 1.58. The first kappa shape index (κ1) is 13.9. The fourth-order valence-electron chi connectivity index (χ4n) is 1.36. The van der Waals surface area contributed by atoms with Gasteiger partial charge in [-0.2, -0.15) is 0 Å². The van der Waals surface area contributed by atoms with Crippen LogP contribution in [0.15, 0.2) is 34.8 Å². The SMILES string of the molecule is CC1=CC(=O)N(C)C1=O.Cc1ccn(C)c(=O)c1. The third kappa shape index (κ3) is 3.16. The summed E-state index contributed by atoms with van der Waals surface area (Å²) in [4.78, 5) is 33.3. The van der Waals surface area contributed by atoms with E-state index in [0.717, 1.165) is 10.5 Å². The summed E-state index contributed by atoms with van der Waals surface area (Å²) >= 11 is 0. The molecule has 0 saturated carbocycles. The molecule has 5 nitrogen and oxygen atoms in total. The van der Waals surface area contributed by atoms with Crippen molar-refractivity contribution in [3.63, 3.8) is 0 Å². The van der Waals surface area contributed by atoms with Gasteiger partial charge in [-0.15, -0.1) is 0 Å². The molecule has 96 valence electrons. The van der Waals surface area contributed by atoms with Crippen molar-refractivity contribution in [2.45, 2.75) is 13.8 Å². The zero-order valence-corrected chi connectivity index (χ0v) is 10.9. The van der Waals surface area contributed by atoms with Crippen LogP contribution in [0.25, 0.3) is 0 Å². The number of likely N-dealkylation sites (N-methyl/N-ethyl adjacent to an activating group) is 1. The molecule has 0 aromatic carbocycles. The van der Waals surface area contributed by atoms with E-state index in [0.29, 0.717) is 5.57 Å². The molecule has 18 heavy (non-hydrogen) atoms. The average molecular weight is 248 g/mol. The molecule has 0 fully saturated rings. The summed E-state index contributed by atoms with van der Waals surface area (Å²) in [6, 6.07) is 3.52. The molecule has 2 rings (SSSR count). The van der Waals surface area contributed by atoms with Gasteiger partial charge in [-0.05, 0) is 25.5 Å². The fraction of sp³-hybridized carbons (Fsp3) is 0.308. The van der Waals surface area contributed by atoms with Gasteiger partial charge in [0.1, 0.15) is 0 Å². The van der Waals surface area contributed by atoms with E-state index in [4.69, 9.17) is 0 Å². The van der Waals surface area contributed by atoms with Crippen molar-refractivity contribution >= 4 is 11.8 Å². The Morgan fingerprint density at radius 3 is 1.94 bits per heavy atom. The topological polar surface area (TPSA) is 59.4 Å². The summed E-state index contributed by atoms with van der Waals surface area (Å²) in [5, 5.41) is 0. The Bertz CT molecular complexity index is 570. The minimum atomic E-state index is -0.225. The van der Waals surface area contributed by atoms with E-state index in [1.54, 1.807) is 30.8 Å². The summed E-state index contributed by atoms with van der Waals surface area (Å²) in [5.74, 6) is -0.419. The van der Waals surface area contributed by atoms with Crippen LogP contribution in [0.3, 0.4) is 0 Å². The van der Waals surface area contributed by atoms with Gasteiger partial charge in [0.25, 0.3) is 17.4 Å². The zero-order valence-electron chi connectivity index (χ0n) is 10.9.